The van der Waals surface area contributed by atoms with Crippen molar-refractivity contribution in [2.75, 3.05) is 7.11 Å². The van der Waals surface area contributed by atoms with Gasteiger partial charge in [-0.3, -0.25) is 4.79 Å². The van der Waals surface area contributed by atoms with Gasteiger partial charge in [-0.05, 0) is 32.6 Å². The molecule has 0 unspecified atom stereocenters. The van der Waals surface area contributed by atoms with E-state index >= 15 is 0 Å². The van der Waals surface area contributed by atoms with Crippen molar-refractivity contribution < 1.29 is 24.2 Å². The van der Waals surface area contributed by atoms with Crippen molar-refractivity contribution in [1.29, 1.82) is 0 Å². The van der Waals surface area contributed by atoms with E-state index < -0.39 is 17.9 Å². The molecule has 1 aliphatic carbocycles. The number of allylic oxidation sites excluding steroid dienone is 3. The molecule has 1 amide bonds. The van der Waals surface area contributed by atoms with E-state index in [9.17, 15) is 14.7 Å². The van der Waals surface area contributed by atoms with Crippen LogP contribution >= 0.6 is 0 Å². The fourth-order valence-corrected chi connectivity index (χ4v) is 3.62. The van der Waals surface area contributed by atoms with Crippen molar-refractivity contribution in [3.63, 3.8) is 0 Å². The Hall–Kier alpha value is -2.83. The number of nitrogens with zero attached hydrogens (tertiary/aromatic N) is 1. The van der Waals surface area contributed by atoms with E-state index in [1.165, 1.54) is 31.9 Å². The molecule has 2 rings (SSSR count). The van der Waals surface area contributed by atoms with Crippen LogP contribution in [0.5, 0.6) is 11.5 Å². The maximum Gasteiger partial charge on any atom is 0.328 e. The zero-order valence-corrected chi connectivity index (χ0v) is 17.6. The largest absolute Gasteiger partial charge is 0.503 e. The van der Waals surface area contributed by atoms with E-state index in [1.807, 2.05) is 13.0 Å². The van der Waals surface area contributed by atoms with E-state index in [0.29, 0.717) is 5.92 Å². The van der Waals surface area contributed by atoms with Gasteiger partial charge in [-0.2, -0.15) is 0 Å². The van der Waals surface area contributed by atoms with Crippen LogP contribution in [0.15, 0.2) is 36.1 Å². The SMILES string of the molecule is COc1ccnc(C(=O)N[C@@H](C)C(=O)O[C@@H](C)[C@@H](C2=CC=CCC2)C(C)C)c1O. The lowest BCUT2D eigenvalue weighted by atomic mass is 9.80. The summed E-state index contributed by atoms with van der Waals surface area (Å²) in [7, 11) is 1.38. The van der Waals surface area contributed by atoms with Gasteiger partial charge < -0.3 is 19.9 Å². The number of esters is 1. The van der Waals surface area contributed by atoms with Crippen LogP contribution in [0.2, 0.25) is 0 Å². The molecule has 0 fully saturated rings. The van der Waals surface area contributed by atoms with Gasteiger partial charge in [0.1, 0.15) is 12.1 Å². The number of aromatic hydroxyl groups is 1. The molecule has 2 N–H and O–H groups in total. The topological polar surface area (TPSA) is 97.8 Å². The Morgan fingerprint density at radius 1 is 1.24 bits per heavy atom. The molecule has 0 saturated carbocycles. The van der Waals surface area contributed by atoms with Gasteiger partial charge in [0, 0.05) is 18.2 Å². The standard InChI is InChI=1S/C22H30N2O5/c1-13(2)18(16-9-7-6-8-10-16)15(4)29-22(27)14(3)24-21(26)19-20(25)17(28-5)11-12-23-19/h6-7,9,11-15,18,25H,8,10H2,1-5H3,(H,24,26)/t14-,15-,18-/m0/s1. The monoisotopic (exact) mass is 402 g/mol. The van der Waals surface area contributed by atoms with Gasteiger partial charge in [-0.15, -0.1) is 0 Å². The lowest BCUT2D eigenvalue weighted by Crippen LogP contribution is -2.42. The average Bonchev–Trinajstić information content (AvgIpc) is 2.68. The summed E-state index contributed by atoms with van der Waals surface area (Å²) in [6.07, 6.45) is 9.21. The summed E-state index contributed by atoms with van der Waals surface area (Å²) in [5.41, 5.74) is 1.06. The average molecular weight is 402 g/mol. The summed E-state index contributed by atoms with van der Waals surface area (Å²) in [5.74, 6) is -1.05. The lowest BCUT2D eigenvalue weighted by molar-refractivity contribution is -0.152. The number of pyridine rings is 1. The highest BCUT2D eigenvalue weighted by atomic mass is 16.5. The Morgan fingerprint density at radius 2 is 1.97 bits per heavy atom. The third-order valence-electron chi connectivity index (χ3n) is 5.02. The van der Waals surface area contributed by atoms with Crippen molar-refractivity contribution in [3.05, 3.63) is 41.8 Å². The molecule has 158 valence electrons. The first kappa shape index (κ1) is 22.5. The molecule has 1 aromatic rings. The van der Waals surface area contributed by atoms with E-state index in [2.05, 4.69) is 36.3 Å². The van der Waals surface area contributed by atoms with Crippen molar-refractivity contribution in [2.24, 2.45) is 11.8 Å². The Kier molecular flexibility index (Phi) is 7.82. The summed E-state index contributed by atoms with van der Waals surface area (Å²) in [6, 6.07) is 0.539. The van der Waals surface area contributed by atoms with Crippen LogP contribution in [0.3, 0.4) is 0 Å². The van der Waals surface area contributed by atoms with Crippen LogP contribution in [-0.4, -0.2) is 41.2 Å². The maximum absolute atomic E-state index is 12.6. The smallest absolute Gasteiger partial charge is 0.328 e. The van der Waals surface area contributed by atoms with Gasteiger partial charge in [-0.1, -0.05) is 37.6 Å². The highest BCUT2D eigenvalue weighted by Gasteiger charge is 2.30. The first-order chi connectivity index (χ1) is 13.8. The normalized spacial score (nSPS) is 16.6. The molecular formula is C22H30N2O5. The van der Waals surface area contributed by atoms with E-state index in [4.69, 9.17) is 9.47 Å². The molecule has 7 heteroatoms. The quantitative estimate of drug-likeness (QED) is 0.647. The molecular weight excluding hydrogens is 372 g/mol. The third-order valence-corrected chi connectivity index (χ3v) is 5.02. The van der Waals surface area contributed by atoms with Gasteiger partial charge >= 0.3 is 5.97 Å². The minimum absolute atomic E-state index is 0.107. The van der Waals surface area contributed by atoms with Gasteiger partial charge in [0.25, 0.3) is 5.91 Å². The van der Waals surface area contributed by atoms with Crippen LogP contribution in [0, 0.1) is 11.8 Å². The fraction of sp³-hybridized carbons (Fsp3) is 0.500. The Balaban J connectivity index is 2.03. The molecule has 3 atom stereocenters. The van der Waals surface area contributed by atoms with E-state index in [1.54, 1.807) is 0 Å². The Morgan fingerprint density at radius 3 is 2.55 bits per heavy atom. The summed E-state index contributed by atoms with van der Waals surface area (Å²) >= 11 is 0. The fourth-order valence-electron chi connectivity index (χ4n) is 3.62. The Labute approximate surface area is 171 Å². The minimum atomic E-state index is -0.898. The first-order valence-electron chi connectivity index (χ1n) is 9.85. The summed E-state index contributed by atoms with van der Waals surface area (Å²) in [4.78, 5) is 28.8. The first-order valence-corrected chi connectivity index (χ1v) is 9.85. The number of rotatable bonds is 8. The number of amides is 1. The molecule has 0 spiro atoms. The maximum atomic E-state index is 12.6. The number of ether oxygens (including phenoxy) is 2. The molecule has 1 aliphatic rings. The summed E-state index contributed by atoms with van der Waals surface area (Å²) in [5, 5.41) is 12.6. The number of carbonyl (C=O) groups is 2. The second-order valence-electron chi connectivity index (χ2n) is 7.53. The van der Waals surface area contributed by atoms with Gasteiger partial charge in [0.2, 0.25) is 0 Å². The molecule has 0 aromatic carbocycles. The summed E-state index contributed by atoms with van der Waals surface area (Å²) < 4.78 is 10.7. The molecule has 0 aliphatic heterocycles. The molecule has 1 heterocycles. The van der Waals surface area contributed by atoms with Gasteiger partial charge in [0.15, 0.2) is 17.2 Å². The number of methoxy groups -OCH3 is 1. The van der Waals surface area contributed by atoms with E-state index in [0.717, 1.165) is 12.8 Å². The van der Waals surface area contributed by atoms with Crippen molar-refractivity contribution in [2.45, 2.75) is 52.7 Å². The predicted octanol–water partition coefficient (Wildman–Crippen LogP) is 3.39. The molecule has 0 saturated heterocycles. The third kappa shape index (κ3) is 5.59. The Bertz CT molecular complexity index is 800. The molecule has 0 bridgehead atoms. The van der Waals surface area contributed by atoms with Crippen molar-refractivity contribution in [1.82, 2.24) is 10.3 Å². The predicted molar refractivity (Wildman–Crippen MR) is 110 cm³/mol. The van der Waals surface area contributed by atoms with Crippen LogP contribution in [0.1, 0.15) is 51.0 Å². The number of nitrogens with one attached hydrogen (secondary N) is 1. The molecule has 1 aromatic heterocycles. The van der Waals surface area contributed by atoms with Crippen molar-refractivity contribution in [3.8, 4) is 11.5 Å². The van der Waals surface area contributed by atoms with Crippen LogP contribution in [-0.2, 0) is 9.53 Å². The van der Waals surface area contributed by atoms with Crippen LogP contribution in [0.25, 0.3) is 0 Å². The van der Waals surface area contributed by atoms with Crippen molar-refractivity contribution >= 4 is 11.9 Å². The number of hydrogen-bond acceptors (Lipinski definition) is 6. The minimum Gasteiger partial charge on any atom is -0.503 e. The summed E-state index contributed by atoms with van der Waals surface area (Å²) in [6.45, 7) is 7.64. The number of hydrogen-bond donors (Lipinski definition) is 2. The number of aromatic nitrogens is 1. The van der Waals surface area contributed by atoms with Crippen LogP contribution in [0.4, 0.5) is 0 Å². The lowest BCUT2D eigenvalue weighted by Gasteiger charge is -2.31. The van der Waals surface area contributed by atoms with Gasteiger partial charge in [-0.25, -0.2) is 9.78 Å². The number of carbonyl (C=O) groups excluding carboxylic acids is 2. The van der Waals surface area contributed by atoms with Gasteiger partial charge in [0.05, 0.1) is 7.11 Å². The zero-order valence-electron chi connectivity index (χ0n) is 17.6. The highest BCUT2D eigenvalue weighted by Crippen LogP contribution is 2.31. The zero-order chi connectivity index (χ0) is 21.6. The second kappa shape index (κ2) is 10.1. The van der Waals surface area contributed by atoms with E-state index in [-0.39, 0.29) is 29.2 Å². The van der Waals surface area contributed by atoms with Crippen LogP contribution < -0.4 is 10.1 Å². The highest BCUT2D eigenvalue weighted by molar-refractivity contribution is 5.97. The molecule has 29 heavy (non-hydrogen) atoms. The second-order valence-corrected chi connectivity index (χ2v) is 7.53. The molecule has 7 nitrogen and oxygen atoms in total. The molecule has 0 radical (unpaired) electrons.